The van der Waals surface area contributed by atoms with Crippen LogP contribution in [0.5, 0.6) is 0 Å². The van der Waals surface area contributed by atoms with Crippen LogP contribution in [-0.4, -0.2) is 39.9 Å². The Balaban J connectivity index is 1.55. The standard InChI is InChI=1S/C24H25F3N4O2/c1-15-5-7-18(22-28-9-11-33-22)19(12-15)23(32)31-10-3-4-16(2)20(31)14-30-21-8-6-17(13-29-21)24(25,26)27/h5-9,11-13,16,20H,3-4,10,14H2,1-2H3,(H,29,30)/t16-,20?/m1/s1. The van der Waals surface area contributed by atoms with Crippen molar-refractivity contribution in [3.63, 3.8) is 0 Å². The predicted molar refractivity (Wildman–Crippen MR) is 118 cm³/mol. The van der Waals surface area contributed by atoms with Crippen LogP contribution in [0, 0.1) is 12.8 Å². The SMILES string of the molecule is Cc1ccc(-c2ncco2)c(C(=O)N2CCC[C@@H](C)C2CNc2ccc(C(F)(F)F)cn2)c1. The lowest BCUT2D eigenvalue weighted by atomic mass is 9.89. The van der Waals surface area contributed by atoms with Gasteiger partial charge in [-0.2, -0.15) is 13.2 Å². The molecular formula is C24H25F3N4O2. The van der Waals surface area contributed by atoms with Crippen molar-refractivity contribution in [3.8, 4) is 11.5 Å². The summed E-state index contributed by atoms with van der Waals surface area (Å²) in [5, 5.41) is 3.11. The third kappa shape index (κ3) is 5.02. The van der Waals surface area contributed by atoms with Crippen LogP contribution in [0.25, 0.3) is 11.5 Å². The van der Waals surface area contributed by atoms with Crippen molar-refractivity contribution in [1.82, 2.24) is 14.9 Å². The molecule has 1 fully saturated rings. The van der Waals surface area contributed by atoms with Crippen LogP contribution in [0.3, 0.4) is 0 Å². The van der Waals surface area contributed by atoms with Gasteiger partial charge in [0.05, 0.1) is 23.4 Å². The van der Waals surface area contributed by atoms with E-state index in [-0.39, 0.29) is 17.9 Å². The van der Waals surface area contributed by atoms with Gasteiger partial charge in [0, 0.05) is 24.8 Å². The summed E-state index contributed by atoms with van der Waals surface area (Å²) in [6, 6.07) is 7.74. The number of likely N-dealkylation sites (tertiary alicyclic amines) is 1. The molecule has 4 rings (SSSR count). The van der Waals surface area contributed by atoms with E-state index in [4.69, 9.17) is 4.42 Å². The van der Waals surface area contributed by atoms with E-state index in [1.54, 1.807) is 0 Å². The molecule has 9 heteroatoms. The van der Waals surface area contributed by atoms with Gasteiger partial charge in [0.1, 0.15) is 12.1 Å². The normalized spacial score (nSPS) is 18.9. The molecule has 1 saturated heterocycles. The van der Waals surface area contributed by atoms with Gasteiger partial charge < -0.3 is 14.6 Å². The quantitative estimate of drug-likeness (QED) is 0.553. The number of aromatic nitrogens is 2. The van der Waals surface area contributed by atoms with Gasteiger partial charge in [-0.1, -0.05) is 18.6 Å². The van der Waals surface area contributed by atoms with E-state index in [9.17, 15) is 18.0 Å². The molecule has 1 aliphatic rings. The number of rotatable bonds is 5. The van der Waals surface area contributed by atoms with Gasteiger partial charge in [-0.3, -0.25) is 4.79 Å². The minimum absolute atomic E-state index is 0.120. The molecular weight excluding hydrogens is 433 g/mol. The Labute approximate surface area is 189 Å². The monoisotopic (exact) mass is 458 g/mol. The maximum atomic E-state index is 13.7. The second-order valence-corrected chi connectivity index (χ2v) is 8.38. The summed E-state index contributed by atoms with van der Waals surface area (Å²) in [5.41, 5.74) is 1.30. The number of carbonyl (C=O) groups is 1. The molecule has 0 bridgehead atoms. The number of amides is 1. The summed E-state index contributed by atoms with van der Waals surface area (Å²) < 4.78 is 43.8. The molecule has 1 aliphatic heterocycles. The van der Waals surface area contributed by atoms with Gasteiger partial charge in [-0.15, -0.1) is 0 Å². The van der Waals surface area contributed by atoms with E-state index in [1.807, 2.05) is 30.0 Å². The lowest BCUT2D eigenvalue weighted by Gasteiger charge is -2.40. The Morgan fingerprint density at radius 1 is 1.24 bits per heavy atom. The molecule has 2 atom stereocenters. The zero-order valence-corrected chi connectivity index (χ0v) is 18.4. The average molecular weight is 458 g/mol. The molecule has 0 radical (unpaired) electrons. The first-order valence-corrected chi connectivity index (χ1v) is 10.8. The van der Waals surface area contributed by atoms with Crippen LogP contribution < -0.4 is 5.32 Å². The number of pyridine rings is 1. The molecule has 0 spiro atoms. The fraction of sp³-hybridized carbons (Fsp3) is 0.375. The Morgan fingerprint density at radius 2 is 2.06 bits per heavy atom. The molecule has 174 valence electrons. The van der Waals surface area contributed by atoms with Crippen molar-refractivity contribution in [1.29, 1.82) is 0 Å². The number of halogens is 3. The second-order valence-electron chi connectivity index (χ2n) is 8.38. The van der Waals surface area contributed by atoms with Gasteiger partial charge in [0.2, 0.25) is 5.89 Å². The number of hydrogen-bond donors (Lipinski definition) is 1. The Kier molecular flexibility index (Phi) is 6.40. The van der Waals surface area contributed by atoms with Crippen molar-refractivity contribution >= 4 is 11.7 Å². The van der Waals surface area contributed by atoms with Crippen LogP contribution in [0.4, 0.5) is 19.0 Å². The molecule has 33 heavy (non-hydrogen) atoms. The molecule has 6 nitrogen and oxygen atoms in total. The van der Waals surface area contributed by atoms with Gasteiger partial charge in [0.15, 0.2) is 0 Å². The van der Waals surface area contributed by atoms with Gasteiger partial charge in [0.25, 0.3) is 5.91 Å². The summed E-state index contributed by atoms with van der Waals surface area (Å²) in [6.07, 6.45) is 1.22. The van der Waals surface area contributed by atoms with Crippen LogP contribution in [0.2, 0.25) is 0 Å². The van der Waals surface area contributed by atoms with Crippen molar-refractivity contribution in [2.24, 2.45) is 5.92 Å². The number of nitrogens with one attached hydrogen (secondary N) is 1. The van der Waals surface area contributed by atoms with E-state index in [2.05, 4.69) is 22.2 Å². The van der Waals surface area contributed by atoms with Crippen molar-refractivity contribution in [2.45, 2.75) is 38.9 Å². The topological polar surface area (TPSA) is 71.3 Å². The number of aryl methyl sites for hydroxylation is 1. The summed E-state index contributed by atoms with van der Waals surface area (Å²) in [5.74, 6) is 0.807. The minimum atomic E-state index is -4.43. The predicted octanol–water partition coefficient (Wildman–Crippen LogP) is 5.42. The summed E-state index contributed by atoms with van der Waals surface area (Å²) >= 11 is 0. The number of oxazole rings is 1. The Hall–Kier alpha value is -3.36. The van der Waals surface area contributed by atoms with Crippen LogP contribution in [0.15, 0.2) is 53.4 Å². The third-order valence-corrected chi connectivity index (χ3v) is 6.03. The van der Waals surface area contributed by atoms with Gasteiger partial charge >= 0.3 is 6.18 Å². The highest BCUT2D eigenvalue weighted by Crippen LogP contribution is 2.31. The third-order valence-electron chi connectivity index (χ3n) is 6.03. The molecule has 1 aromatic carbocycles. The van der Waals surface area contributed by atoms with Gasteiger partial charge in [-0.05, 0) is 49.9 Å². The maximum absolute atomic E-state index is 13.7. The number of anilines is 1. The second kappa shape index (κ2) is 9.25. The number of hydrogen-bond acceptors (Lipinski definition) is 5. The van der Waals surface area contributed by atoms with Crippen molar-refractivity contribution in [2.75, 3.05) is 18.4 Å². The van der Waals surface area contributed by atoms with Crippen LogP contribution in [0.1, 0.15) is 41.3 Å². The number of piperidine rings is 1. The highest BCUT2D eigenvalue weighted by Gasteiger charge is 2.34. The van der Waals surface area contributed by atoms with Crippen molar-refractivity contribution in [3.05, 3.63) is 65.7 Å². The zero-order valence-electron chi connectivity index (χ0n) is 18.4. The first-order valence-electron chi connectivity index (χ1n) is 10.8. The van der Waals surface area contributed by atoms with E-state index in [1.165, 1.54) is 18.5 Å². The zero-order chi connectivity index (χ0) is 23.6. The van der Waals surface area contributed by atoms with Crippen LogP contribution in [-0.2, 0) is 6.18 Å². The number of alkyl halides is 3. The molecule has 2 aromatic heterocycles. The van der Waals surface area contributed by atoms with Gasteiger partial charge in [-0.25, -0.2) is 9.97 Å². The van der Waals surface area contributed by atoms with E-state index < -0.39 is 11.7 Å². The molecule has 1 amide bonds. The smallest absolute Gasteiger partial charge is 0.417 e. The Bertz CT molecular complexity index is 1100. The molecule has 0 saturated carbocycles. The molecule has 3 aromatic rings. The molecule has 0 aliphatic carbocycles. The summed E-state index contributed by atoms with van der Waals surface area (Å²) in [7, 11) is 0. The summed E-state index contributed by atoms with van der Waals surface area (Å²) in [6.45, 7) is 4.97. The summed E-state index contributed by atoms with van der Waals surface area (Å²) in [4.78, 5) is 23.6. The minimum Gasteiger partial charge on any atom is -0.445 e. The fourth-order valence-corrected chi connectivity index (χ4v) is 4.22. The van der Waals surface area contributed by atoms with E-state index in [0.717, 1.165) is 30.7 Å². The number of carbonyl (C=O) groups excluding carboxylic acids is 1. The number of benzene rings is 1. The van der Waals surface area contributed by atoms with Crippen LogP contribution >= 0.6 is 0 Å². The molecule has 1 unspecified atom stereocenters. The Morgan fingerprint density at radius 3 is 2.73 bits per heavy atom. The molecule has 1 N–H and O–H groups in total. The lowest BCUT2D eigenvalue weighted by Crippen LogP contribution is -2.51. The first kappa shape index (κ1) is 22.8. The lowest BCUT2D eigenvalue weighted by molar-refractivity contribution is -0.137. The average Bonchev–Trinajstić information content (AvgIpc) is 3.32. The number of nitrogens with zero attached hydrogens (tertiary/aromatic N) is 3. The molecule has 3 heterocycles. The van der Waals surface area contributed by atoms with E-state index >= 15 is 0 Å². The van der Waals surface area contributed by atoms with Crippen molar-refractivity contribution < 1.29 is 22.4 Å². The first-order chi connectivity index (χ1) is 15.7. The largest absolute Gasteiger partial charge is 0.445 e. The maximum Gasteiger partial charge on any atom is 0.417 e. The highest BCUT2D eigenvalue weighted by molar-refractivity contribution is 6.00. The van der Waals surface area contributed by atoms with E-state index in [0.29, 0.717) is 35.9 Å². The fourth-order valence-electron chi connectivity index (χ4n) is 4.22. The highest BCUT2D eigenvalue weighted by atomic mass is 19.4.